The van der Waals surface area contributed by atoms with E-state index in [1.807, 2.05) is 19.9 Å². The highest BCUT2D eigenvalue weighted by molar-refractivity contribution is 5.93. The molecule has 4 N–H and O–H groups in total. The molecule has 3 atom stereocenters. The predicted molar refractivity (Wildman–Crippen MR) is 157 cm³/mol. The fraction of sp³-hybridized carbons (Fsp3) is 0.581. The van der Waals surface area contributed by atoms with E-state index in [2.05, 4.69) is 33.2 Å². The molecule has 0 radical (unpaired) electrons. The molecule has 0 unspecified atom stereocenters. The van der Waals surface area contributed by atoms with Crippen LogP contribution in [0, 0.1) is 5.92 Å². The molecule has 0 saturated heterocycles. The van der Waals surface area contributed by atoms with Crippen LogP contribution in [-0.2, 0) is 25.6 Å². The molecule has 220 valence electrons. The van der Waals surface area contributed by atoms with Crippen LogP contribution < -0.4 is 21.3 Å². The van der Waals surface area contributed by atoms with E-state index >= 15 is 0 Å². The van der Waals surface area contributed by atoms with Gasteiger partial charge in [-0.15, -0.1) is 0 Å². The second kappa shape index (κ2) is 18.7. The molecule has 1 aliphatic heterocycles. The van der Waals surface area contributed by atoms with Crippen LogP contribution >= 0.6 is 0 Å². The minimum Gasteiger partial charge on any atom is -0.352 e. The van der Waals surface area contributed by atoms with Crippen LogP contribution in [0.25, 0.3) is 0 Å². The third kappa shape index (κ3) is 13.0. The maximum atomic E-state index is 13.5. The number of rotatable bonds is 14. The van der Waals surface area contributed by atoms with Crippen molar-refractivity contribution in [3.05, 3.63) is 54.4 Å². The molecule has 1 aromatic rings. The normalized spacial score (nSPS) is 20.3. The van der Waals surface area contributed by atoms with Gasteiger partial charge in [0.15, 0.2) is 0 Å². The van der Waals surface area contributed by atoms with E-state index in [1.54, 1.807) is 36.6 Å². The van der Waals surface area contributed by atoms with Gasteiger partial charge in [0.25, 0.3) is 0 Å². The molecule has 0 fully saturated rings. The Morgan fingerprint density at radius 2 is 1.80 bits per heavy atom. The van der Waals surface area contributed by atoms with Crippen LogP contribution in [0.5, 0.6) is 0 Å². The molecule has 0 aromatic carbocycles. The van der Waals surface area contributed by atoms with Crippen molar-refractivity contribution in [1.29, 1.82) is 0 Å². The summed E-state index contributed by atoms with van der Waals surface area (Å²) in [7, 11) is 0. The Hall–Kier alpha value is -3.49. The summed E-state index contributed by atoms with van der Waals surface area (Å²) in [5.74, 6) is -1.23. The van der Waals surface area contributed by atoms with Crippen molar-refractivity contribution in [2.75, 3.05) is 6.54 Å². The summed E-state index contributed by atoms with van der Waals surface area (Å²) < 4.78 is 0. The standard InChI is InChI=1S/C31H47N5O4/c1-4-5-6-7-8-9-10-17-29(38)34-27(22-24-15-11-13-20-32-24)31(40)36-26-16-12-14-21-33-28(37)19-18-25(23(2)3)35-30(26)39/h11-13,15-16,18-20,23,25-27H,4-10,14,17,21-22H2,1-3H3,(H,33,37)(H,34,38)(H,35,39)(H,36,40)/b16-12+,19-18+/t25-,26+,27+/m1/s1. The Kier molecular flexibility index (Phi) is 15.3. The van der Waals surface area contributed by atoms with Crippen LogP contribution in [0.2, 0.25) is 0 Å². The third-order valence-electron chi connectivity index (χ3n) is 6.80. The predicted octanol–water partition coefficient (Wildman–Crippen LogP) is 3.51. The topological polar surface area (TPSA) is 129 Å². The van der Waals surface area contributed by atoms with Gasteiger partial charge in [-0.3, -0.25) is 24.2 Å². The molecule has 0 saturated carbocycles. The van der Waals surface area contributed by atoms with Crippen molar-refractivity contribution < 1.29 is 19.2 Å². The van der Waals surface area contributed by atoms with Crippen LogP contribution in [0.3, 0.4) is 0 Å². The summed E-state index contributed by atoms with van der Waals surface area (Å²) in [5.41, 5.74) is 0.665. The fourth-order valence-electron chi connectivity index (χ4n) is 4.35. The highest BCUT2D eigenvalue weighted by Crippen LogP contribution is 2.10. The van der Waals surface area contributed by atoms with Gasteiger partial charge in [-0.25, -0.2) is 0 Å². The van der Waals surface area contributed by atoms with E-state index in [9.17, 15) is 19.2 Å². The number of carbonyl (C=O) groups excluding carboxylic acids is 4. The van der Waals surface area contributed by atoms with Gasteiger partial charge >= 0.3 is 0 Å². The fourth-order valence-corrected chi connectivity index (χ4v) is 4.35. The highest BCUT2D eigenvalue weighted by Gasteiger charge is 2.27. The first kappa shape index (κ1) is 32.7. The zero-order valence-corrected chi connectivity index (χ0v) is 24.3. The summed E-state index contributed by atoms with van der Waals surface area (Å²) in [6.07, 6.45) is 16.9. The van der Waals surface area contributed by atoms with Gasteiger partial charge in [-0.2, -0.15) is 0 Å². The molecule has 0 aliphatic carbocycles. The number of carbonyl (C=O) groups is 4. The van der Waals surface area contributed by atoms with Gasteiger partial charge in [0, 0.05) is 43.4 Å². The van der Waals surface area contributed by atoms with Gasteiger partial charge in [0.2, 0.25) is 23.6 Å². The minimum atomic E-state index is -0.941. The average Bonchev–Trinajstić information content (AvgIpc) is 2.93. The van der Waals surface area contributed by atoms with Crippen molar-refractivity contribution in [1.82, 2.24) is 26.3 Å². The molecule has 40 heavy (non-hydrogen) atoms. The average molecular weight is 554 g/mol. The summed E-state index contributed by atoms with van der Waals surface area (Å²) in [6.45, 7) is 6.47. The van der Waals surface area contributed by atoms with Gasteiger partial charge in [-0.1, -0.05) is 83.6 Å². The summed E-state index contributed by atoms with van der Waals surface area (Å²) >= 11 is 0. The lowest BCUT2D eigenvalue weighted by Gasteiger charge is -2.25. The van der Waals surface area contributed by atoms with Crippen LogP contribution in [0.1, 0.15) is 84.3 Å². The minimum absolute atomic E-state index is 0.0270. The van der Waals surface area contributed by atoms with Gasteiger partial charge in [-0.05, 0) is 30.9 Å². The first-order valence-electron chi connectivity index (χ1n) is 14.7. The number of unbranched alkanes of at least 4 members (excludes halogenated alkanes) is 6. The number of aromatic nitrogens is 1. The number of pyridine rings is 1. The van der Waals surface area contributed by atoms with Crippen molar-refractivity contribution in [2.45, 2.75) is 103 Å². The largest absolute Gasteiger partial charge is 0.352 e. The van der Waals surface area contributed by atoms with E-state index in [0.29, 0.717) is 25.1 Å². The third-order valence-corrected chi connectivity index (χ3v) is 6.80. The zero-order valence-electron chi connectivity index (χ0n) is 24.3. The number of nitrogens with one attached hydrogen (secondary N) is 4. The Balaban J connectivity index is 2.09. The van der Waals surface area contributed by atoms with Gasteiger partial charge in [0.1, 0.15) is 12.1 Å². The molecule has 9 heteroatoms. The van der Waals surface area contributed by atoms with Crippen molar-refractivity contribution >= 4 is 23.6 Å². The molecule has 2 rings (SSSR count). The lowest BCUT2D eigenvalue weighted by molar-refractivity contribution is -0.131. The second-order valence-corrected chi connectivity index (χ2v) is 10.6. The number of hydrogen-bond acceptors (Lipinski definition) is 5. The lowest BCUT2D eigenvalue weighted by Crippen LogP contribution is -2.55. The van der Waals surface area contributed by atoms with Crippen LogP contribution in [-0.4, -0.2) is 53.3 Å². The van der Waals surface area contributed by atoms with Crippen molar-refractivity contribution in [3.63, 3.8) is 0 Å². The van der Waals surface area contributed by atoms with E-state index < -0.39 is 24.0 Å². The van der Waals surface area contributed by atoms with E-state index in [1.165, 1.54) is 31.8 Å². The quantitative estimate of drug-likeness (QED) is 0.207. The molecule has 1 aliphatic rings. The first-order chi connectivity index (χ1) is 19.3. The summed E-state index contributed by atoms with van der Waals surface area (Å²) in [6, 6.07) is 3.22. The van der Waals surface area contributed by atoms with E-state index in [-0.39, 0.29) is 30.1 Å². The Bertz CT molecular complexity index is 993. The first-order valence-corrected chi connectivity index (χ1v) is 14.7. The van der Waals surface area contributed by atoms with Crippen LogP contribution in [0.15, 0.2) is 48.7 Å². The highest BCUT2D eigenvalue weighted by atomic mass is 16.2. The number of hydrogen-bond donors (Lipinski definition) is 4. The summed E-state index contributed by atoms with van der Waals surface area (Å²) in [5, 5.41) is 11.4. The molecule has 9 nitrogen and oxygen atoms in total. The molecule has 1 aromatic heterocycles. The smallest absolute Gasteiger partial charge is 0.247 e. The Morgan fingerprint density at radius 1 is 1.05 bits per heavy atom. The molecular weight excluding hydrogens is 506 g/mol. The lowest BCUT2D eigenvalue weighted by atomic mass is 10.0. The Morgan fingerprint density at radius 3 is 2.50 bits per heavy atom. The molecule has 0 spiro atoms. The number of amides is 4. The van der Waals surface area contributed by atoms with Gasteiger partial charge < -0.3 is 21.3 Å². The Labute approximate surface area is 239 Å². The molecule has 2 heterocycles. The SMILES string of the molecule is CCCCCCCCCC(=O)N[C@@H](Cc1ccccn1)C(=O)N[C@H]1/C=C/CCNC(=O)/C=C/[C@H](C(C)C)NC1=O. The second-order valence-electron chi connectivity index (χ2n) is 10.6. The monoisotopic (exact) mass is 553 g/mol. The van der Waals surface area contributed by atoms with E-state index in [4.69, 9.17) is 0 Å². The molecule has 0 bridgehead atoms. The van der Waals surface area contributed by atoms with Crippen molar-refractivity contribution in [3.8, 4) is 0 Å². The summed E-state index contributed by atoms with van der Waals surface area (Å²) in [4.78, 5) is 55.8. The number of nitrogens with zero attached hydrogens (tertiary/aromatic N) is 1. The van der Waals surface area contributed by atoms with Crippen LogP contribution in [0.4, 0.5) is 0 Å². The maximum Gasteiger partial charge on any atom is 0.247 e. The van der Waals surface area contributed by atoms with E-state index in [0.717, 1.165) is 19.3 Å². The molecule has 4 amide bonds. The maximum absolute atomic E-state index is 13.5. The van der Waals surface area contributed by atoms with Crippen molar-refractivity contribution in [2.24, 2.45) is 5.92 Å². The zero-order chi connectivity index (χ0) is 29.2. The molecular formula is C31H47N5O4. The van der Waals surface area contributed by atoms with Gasteiger partial charge in [0.05, 0.1) is 0 Å².